The number of aromatic carboxylic acids is 1. The van der Waals surface area contributed by atoms with E-state index in [-0.39, 0.29) is 16.9 Å². The van der Waals surface area contributed by atoms with Crippen molar-refractivity contribution < 1.29 is 14.8 Å². The summed E-state index contributed by atoms with van der Waals surface area (Å²) in [7, 11) is 0. The highest BCUT2D eigenvalue weighted by Gasteiger charge is 2.15. The first-order chi connectivity index (χ1) is 6.56. The lowest BCUT2D eigenvalue weighted by atomic mass is 10.1. The molecule has 2 N–H and O–H groups in total. The van der Waals surface area contributed by atoms with Crippen molar-refractivity contribution in [3.05, 3.63) is 33.9 Å². The molecule has 0 aliphatic heterocycles. The van der Waals surface area contributed by atoms with Gasteiger partial charge in [0.1, 0.15) is 0 Å². The molecule has 0 unspecified atom stereocenters. The Morgan fingerprint density at radius 3 is 2.64 bits per heavy atom. The van der Waals surface area contributed by atoms with Crippen molar-refractivity contribution in [1.82, 2.24) is 0 Å². The van der Waals surface area contributed by atoms with Crippen LogP contribution in [0.1, 0.15) is 10.4 Å². The van der Waals surface area contributed by atoms with E-state index in [0.717, 1.165) is 18.2 Å². The minimum atomic E-state index is -1.35. The van der Waals surface area contributed by atoms with Crippen molar-refractivity contribution in [3.8, 4) is 0 Å². The quantitative estimate of drug-likeness (QED) is 0.435. The predicted octanol–water partition coefficient (Wildman–Crippen LogP) is 1.96. The van der Waals surface area contributed by atoms with E-state index in [1.807, 2.05) is 0 Å². The summed E-state index contributed by atoms with van der Waals surface area (Å²) in [4.78, 5) is 20.2. The summed E-state index contributed by atoms with van der Waals surface area (Å²) in [6.07, 6.45) is 0. The van der Waals surface area contributed by atoms with Gasteiger partial charge in [0.05, 0.1) is 16.2 Å². The number of nitro groups is 1. The number of carboxylic acid groups (broad SMARTS) is 1. The van der Waals surface area contributed by atoms with Crippen molar-refractivity contribution >= 4 is 17.3 Å². The van der Waals surface area contributed by atoms with Gasteiger partial charge in [-0.2, -0.15) is 5.11 Å². The molecule has 0 bridgehead atoms. The Morgan fingerprint density at radius 2 is 2.21 bits per heavy atom. The first-order valence-corrected chi connectivity index (χ1v) is 3.45. The van der Waals surface area contributed by atoms with Crippen LogP contribution in [0.15, 0.2) is 23.3 Å². The molecule has 0 heterocycles. The second-order valence-corrected chi connectivity index (χ2v) is 2.38. The van der Waals surface area contributed by atoms with Crippen molar-refractivity contribution in [2.75, 3.05) is 0 Å². The molecule has 0 saturated heterocycles. The maximum Gasteiger partial charge on any atom is 0.338 e. The standard InChI is InChI=1S/C7H5N3O4/c8-9-6-2-1-4(10(13)14)3-5(6)7(11)12/h1-3,8H,(H,11,12). The third-order valence-electron chi connectivity index (χ3n) is 1.54. The first kappa shape index (κ1) is 9.78. The monoisotopic (exact) mass is 195 g/mol. The lowest BCUT2D eigenvalue weighted by Gasteiger charge is -1.98. The average Bonchev–Trinajstić information content (AvgIpc) is 2.16. The Labute approximate surface area is 77.6 Å². The maximum atomic E-state index is 10.6. The van der Waals surface area contributed by atoms with E-state index in [9.17, 15) is 14.9 Å². The highest BCUT2D eigenvalue weighted by Crippen LogP contribution is 2.24. The Kier molecular flexibility index (Phi) is 2.52. The molecule has 14 heavy (non-hydrogen) atoms. The van der Waals surface area contributed by atoms with Gasteiger partial charge in [0.15, 0.2) is 0 Å². The van der Waals surface area contributed by atoms with Crippen molar-refractivity contribution in [1.29, 1.82) is 5.53 Å². The number of rotatable bonds is 3. The summed E-state index contributed by atoms with van der Waals surface area (Å²) < 4.78 is 0. The Morgan fingerprint density at radius 1 is 1.57 bits per heavy atom. The predicted molar refractivity (Wildman–Crippen MR) is 44.9 cm³/mol. The zero-order valence-electron chi connectivity index (χ0n) is 6.80. The number of hydrogen-bond donors (Lipinski definition) is 2. The number of carbonyl (C=O) groups is 1. The van der Waals surface area contributed by atoms with Gasteiger partial charge < -0.3 is 5.11 Å². The average molecular weight is 195 g/mol. The van der Waals surface area contributed by atoms with E-state index < -0.39 is 10.9 Å². The molecule has 0 aliphatic rings. The van der Waals surface area contributed by atoms with Gasteiger partial charge in [-0.05, 0) is 6.07 Å². The van der Waals surface area contributed by atoms with E-state index in [0.29, 0.717) is 0 Å². The summed E-state index contributed by atoms with van der Waals surface area (Å²) in [6.45, 7) is 0. The van der Waals surface area contributed by atoms with Crippen molar-refractivity contribution in [2.45, 2.75) is 0 Å². The van der Waals surface area contributed by atoms with Gasteiger partial charge in [0, 0.05) is 12.1 Å². The zero-order chi connectivity index (χ0) is 10.7. The molecule has 7 nitrogen and oxygen atoms in total. The summed E-state index contributed by atoms with van der Waals surface area (Å²) in [5.41, 5.74) is 5.85. The summed E-state index contributed by atoms with van der Waals surface area (Å²) >= 11 is 0. The summed E-state index contributed by atoms with van der Waals surface area (Å²) in [5, 5.41) is 21.9. The van der Waals surface area contributed by atoms with Gasteiger partial charge in [-0.3, -0.25) is 10.1 Å². The summed E-state index contributed by atoms with van der Waals surface area (Å²) in [5.74, 6) is -1.35. The normalized spacial score (nSPS) is 9.43. The lowest BCUT2D eigenvalue weighted by molar-refractivity contribution is -0.384. The highest BCUT2D eigenvalue weighted by atomic mass is 16.6. The van der Waals surface area contributed by atoms with Gasteiger partial charge in [-0.15, -0.1) is 0 Å². The molecule has 0 aromatic heterocycles. The third kappa shape index (κ3) is 1.71. The van der Waals surface area contributed by atoms with Crippen LogP contribution in [0.5, 0.6) is 0 Å². The second kappa shape index (κ2) is 3.60. The minimum Gasteiger partial charge on any atom is -0.478 e. The van der Waals surface area contributed by atoms with Gasteiger partial charge in [-0.1, -0.05) is 0 Å². The molecule has 7 heteroatoms. The number of nitrogens with one attached hydrogen (secondary N) is 1. The fourth-order valence-electron chi connectivity index (χ4n) is 0.906. The van der Waals surface area contributed by atoms with E-state index in [1.165, 1.54) is 0 Å². The topological polar surface area (TPSA) is 117 Å². The van der Waals surface area contributed by atoms with Crippen LogP contribution in [-0.2, 0) is 0 Å². The molecule has 72 valence electrons. The van der Waals surface area contributed by atoms with E-state index in [2.05, 4.69) is 5.11 Å². The first-order valence-electron chi connectivity index (χ1n) is 3.45. The van der Waals surface area contributed by atoms with Crippen molar-refractivity contribution in [2.24, 2.45) is 5.11 Å². The zero-order valence-corrected chi connectivity index (χ0v) is 6.80. The van der Waals surface area contributed by atoms with Crippen LogP contribution >= 0.6 is 0 Å². The molecule has 0 atom stereocenters. The number of hydrogen-bond acceptors (Lipinski definition) is 5. The summed E-state index contributed by atoms with van der Waals surface area (Å²) in [6, 6.07) is 3.09. The molecule has 1 aromatic carbocycles. The van der Waals surface area contributed by atoms with Crippen molar-refractivity contribution in [3.63, 3.8) is 0 Å². The number of benzene rings is 1. The van der Waals surface area contributed by atoms with Crippen LogP contribution in [0.25, 0.3) is 0 Å². The van der Waals surface area contributed by atoms with Crippen LogP contribution < -0.4 is 0 Å². The Balaban J connectivity index is 3.34. The Bertz CT molecular complexity index is 415. The largest absolute Gasteiger partial charge is 0.478 e. The molecule has 1 rings (SSSR count). The van der Waals surface area contributed by atoms with Crippen LogP contribution in [0, 0.1) is 15.6 Å². The Hall–Kier alpha value is -2.31. The van der Waals surface area contributed by atoms with Crippen LogP contribution in [-0.4, -0.2) is 16.0 Å². The van der Waals surface area contributed by atoms with Crippen LogP contribution in [0.2, 0.25) is 0 Å². The molecular weight excluding hydrogens is 190 g/mol. The fraction of sp³-hybridized carbons (Fsp3) is 0. The fourth-order valence-corrected chi connectivity index (χ4v) is 0.906. The van der Waals surface area contributed by atoms with E-state index >= 15 is 0 Å². The van der Waals surface area contributed by atoms with E-state index in [1.54, 1.807) is 0 Å². The molecular formula is C7H5N3O4. The van der Waals surface area contributed by atoms with Crippen LogP contribution in [0.4, 0.5) is 11.4 Å². The van der Waals surface area contributed by atoms with Gasteiger partial charge in [-0.25, -0.2) is 10.3 Å². The second-order valence-electron chi connectivity index (χ2n) is 2.38. The molecule has 0 radical (unpaired) electrons. The molecule has 0 spiro atoms. The van der Waals surface area contributed by atoms with Crippen LogP contribution in [0.3, 0.4) is 0 Å². The molecule has 0 aliphatic carbocycles. The number of carboxylic acids is 1. The smallest absolute Gasteiger partial charge is 0.338 e. The minimum absolute atomic E-state index is 0.108. The van der Waals surface area contributed by atoms with Gasteiger partial charge in [0.2, 0.25) is 0 Å². The maximum absolute atomic E-state index is 10.6. The lowest BCUT2D eigenvalue weighted by Crippen LogP contribution is -1.98. The van der Waals surface area contributed by atoms with Gasteiger partial charge in [0.25, 0.3) is 5.69 Å². The molecule has 0 amide bonds. The van der Waals surface area contributed by atoms with Gasteiger partial charge >= 0.3 is 5.97 Å². The van der Waals surface area contributed by atoms with E-state index in [4.69, 9.17) is 10.6 Å². The molecule has 0 saturated carbocycles. The SMILES string of the molecule is N=Nc1ccc([N+](=O)[O-])cc1C(=O)O. The molecule has 0 fully saturated rings. The number of nitrogens with zero attached hydrogens (tertiary/aromatic N) is 2. The third-order valence-corrected chi connectivity index (χ3v) is 1.54. The number of non-ortho nitro benzene ring substituents is 1. The highest BCUT2D eigenvalue weighted by molar-refractivity contribution is 5.94. The number of nitro benzene ring substituents is 1. The molecule has 1 aromatic rings.